The molecule has 0 saturated carbocycles. The summed E-state index contributed by atoms with van der Waals surface area (Å²) >= 11 is 0. The van der Waals surface area contributed by atoms with Gasteiger partial charge < -0.3 is 25.5 Å². The Morgan fingerprint density at radius 2 is 1.57 bits per heavy atom. The van der Waals surface area contributed by atoms with Crippen molar-refractivity contribution >= 4 is 5.97 Å². The van der Waals surface area contributed by atoms with Gasteiger partial charge in [0.05, 0.1) is 32.0 Å². The maximum Gasteiger partial charge on any atom is 0.323 e. The van der Waals surface area contributed by atoms with E-state index in [0.717, 1.165) is 0 Å². The van der Waals surface area contributed by atoms with Crippen molar-refractivity contribution in [3.63, 3.8) is 0 Å². The van der Waals surface area contributed by atoms with E-state index >= 15 is 0 Å². The van der Waals surface area contributed by atoms with Gasteiger partial charge in [-0.25, -0.2) is 0 Å². The van der Waals surface area contributed by atoms with Crippen molar-refractivity contribution in [1.29, 1.82) is 0 Å². The molecule has 0 amide bonds. The normalized spacial score (nSPS) is 14.0. The molecule has 0 aromatic carbocycles. The van der Waals surface area contributed by atoms with Gasteiger partial charge in [-0.05, 0) is 0 Å². The molecule has 0 aliphatic rings. The van der Waals surface area contributed by atoms with Gasteiger partial charge in [0.25, 0.3) is 0 Å². The number of nitrogens with one attached hydrogen (secondary N) is 1. The predicted molar refractivity (Wildman–Crippen MR) is 45.6 cm³/mol. The van der Waals surface area contributed by atoms with Crippen LogP contribution in [0.15, 0.2) is 0 Å². The van der Waals surface area contributed by atoms with Crippen LogP contribution in [0.2, 0.25) is 0 Å². The van der Waals surface area contributed by atoms with Crippen LogP contribution in [0.4, 0.5) is 0 Å². The number of hydrogen-bond donors (Lipinski definition) is 6. The quantitative estimate of drug-likeness (QED) is 0.259. The van der Waals surface area contributed by atoms with E-state index in [1.54, 1.807) is 0 Å². The average Bonchev–Trinajstić information content (AvgIpc) is 2.20. The van der Waals surface area contributed by atoms with Crippen molar-refractivity contribution in [3.05, 3.63) is 0 Å². The van der Waals surface area contributed by atoms with E-state index in [2.05, 4.69) is 5.32 Å². The van der Waals surface area contributed by atoms with E-state index in [1.165, 1.54) is 0 Å². The number of carboxylic acids is 1. The second-order valence-electron chi connectivity index (χ2n) is 2.97. The van der Waals surface area contributed by atoms with Gasteiger partial charge >= 0.3 is 5.97 Å². The third-order valence-electron chi connectivity index (χ3n) is 1.87. The molecule has 0 aliphatic carbocycles. The lowest BCUT2D eigenvalue weighted by Gasteiger charge is -2.31. The summed E-state index contributed by atoms with van der Waals surface area (Å²) in [5.74, 6) is -1.33. The fraction of sp³-hybridized carbons (Fsp3) is 0.857. The molecule has 0 bridgehead atoms. The number of hydrogen-bond acceptors (Lipinski definition) is 6. The number of rotatable bonds is 7. The van der Waals surface area contributed by atoms with Gasteiger partial charge in [-0.2, -0.15) is 0 Å². The number of aliphatic carboxylic acids is 1. The van der Waals surface area contributed by atoms with Gasteiger partial charge in [0.2, 0.25) is 0 Å². The molecular formula is C7H15NO6. The highest BCUT2D eigenvalue weighted by atomic mass is 16.4. The van der Waals surface area contributed by atoms with Gasteiger partial charge in [0, 0.05) is 0 Å². The Morgan fingerprint density at radius 3 is 1.79 bits per heavy atom. The van der Waals surface area contributed by atoms with Crippen LogP contribution in [0.25, 0.3) is 0 Å². The highest BCUT2D eigenvalue weighted by molar-refractivity contribution is 5.73. The molecule has 6 N–H and O–H groups in total. The Kier molecular flexibility index (Phi) is 5.58. The summed E-state index contributed by atoms with van der Waals surface area (Å²) in [7, 11) is 0. The summed E-state index contributed by atoms with van der Waals surface area (Å²) in [5, 5.41) is 46.0. The molecule has 0 fully saturated rings. The third kappa shape index (κ3) is 3.20. The van der Waals surface area contributed by atoms with Crippen LogP contribution < -0.4 is 5.32 Å². The molecule has 0 aliphatic heterocycles. The Morgan fingerprint density at radius 1 is 1.14 bits per heavy atom. The SMILES string of the molecule is O=C(O)[C@H](CO)NC(CO)(CO)CO. The second-order valence-corrected chi connectivity index (χ2v) is 2.97. The van der Waals surface area contributed by atoms with E-state index in [0.29, 0.717) is 0 Å². The zero-order valence-corrected chi connectivity index (χ0v) is 7.55. The molecule has 0 aromatic rings. The van der Waals surface area contributed by atoms with Crippen LogP contribution in [0.3, 0.4) is 0 Å². The van der Waals surface area contributed by atoms with Crippen LogP contribution in [-0.2, 0) is 4.79 Å². The second kappa shape index (κ2) is 5.89. The molecule has 1 atom stereocenters. The minimum Gasteiger partial charge on any atom is -0.480 e. The van der Waals surface area contributed by atoms with Crippen LogP contribution in [-0.4, -0.2) is 69.5 Å². The first kappa shape index (κ1) is 13.3. The van der Waals surface area contributed by atoms with Crippen molar-refractivity contribution in [2.45, 2.75) is 11.6 Å². The van der Waals surface area contributed by atoms with E-state index < -0.39 is 44.0 Å². The van der Waals surface area contributed by atoms with Crippen molar-refractivity contribution in [1.82, 2.24) is 5.32 Å². The number of carboxylic acid groups (broad SMARTS) is 1. The molecular weight excluding hydrogens is 194 g/mol. The molecule has 84 valence electrons. The van der Waals surface area contributed by atoms with Gasteiger partial charge in [-0.15, -0.1) is 0 Å². The first-order chi connectivity index (χ1) is 6.55. The Balaban J connectivity index is 4.47. The lowest BCUT2D eigenvalue weighted by atomic mass is 10.0. The van der Waals surface area contributed by atoms with Gasteiger partial charge in [0.15, 0.2) is 0 Å². The van der Waals surface area contributed by atoms with Crippen molar-refractivity contribution in [2.24, 2.45) is 0 Å². The van der Waals surface area contributed by atoms with Crippen LogP contribution in [0, 0.1) is 0 Å². The summed E-state index contributed by atoms with van der Waals surface area (Å²) in [6.07, 6.45) is 0. The predicted octanol–water partition coefficient (Wildman–Crippen LogP) is -3.26. The topological polar surface area (TPSA) is 130 Å². The van der Waals surface area contributed by atoms with Crippen molar-refractivity contribution in [2.75, 3.05) is 26.4 Å². The number of aliphatic hydroxyl groups is 4. The van der Waals surface area contributed by atoms with Gasteiger partial charge in [0.1, 0.15) is 6.04 Å². The number of carbonyl (C=O) groups is 1. The van der Waals surface area contributed by atoms with E-state index in [1.807, 2.05) is 0 Å². The van der Waals surface area contributed by atoms with E-state index in [4.69, 9.17) is 25.5 Å². The molecule has 14 heavy (non-hydrogen) atoms. The van der Waals surface area contributed by atoms with Crippen LogP contribution in [0.1, 0.15) is 0 Å². The smallest absolute Gasteiger partial charge is 0.323 e. The largest absolute Gasteiger partial charge is 0.480 e. The zero-order chi connectivity index (χ0) is 11.2. The molecule has 7 heteroatoms. The summed E-state index contributed by atoms with van der Waals surface area (Å²) in [4.78, 5) is 10.5. The molecule has 0 rings (SSSR count). The van der Waals surface area contributed by atoms with Crippen molar-refractivity contribution < 1.29 is 30.3 Å². The van der Waals surface area contributed by atoms with Crippen LogP contribution in [0.5, 0.6) is 0 Å². The fourth-order valence-electron chi connectivity index (χ4n) is 0.842. The Hall–Kier alpha value is -0.730. The monoisotopic (exact) mass is 209 g/mol. The Bertz CT molecular complexity index is 173. The summed E-state index contributed by atoms with van der Waals surface area (Å²) in [6.45, 7) is -2.60. The molecule has 0 unspecified atom stereocenters. The van der Waals surface area contributed by atoms with Gasteiger partial charge in [-0.3, -0.25) is 10.1 Å². The minimum atomic E-state index is -1.49. The average molecular weight is 209 g/mol. The van der Waals surface area contributed by atoms with Gasteiger partial charge in [-0.1, -0.05) is 0 Å². The van der Waals surface area contributed by atoms with Crippen LogP contribution >= 0.6 is 0 Å². The first-order valence-corrected chi connectivity index (χ1v) is 3.99. The standard InChI is InChI=1S/C7H15NO6/c9-1-5(6(13)14)8-7(2-10,3-11)4-12/h5,8-12H,1-4H2,(H,13,14)/t5-/m0/s1. The highest BCUT2D eigenvalue weighted by Gasteiger charge is 2.32. The molecule has 0 saturated heterocycles. The molecule has 0 spiro atoms. The van der Waals surface area contributed by atoms with Crippen molar-refractivity contribution in [3.8, 4) is 0 Å². The molecule has 0 heterocycles. The maximum atomic E-state index is 10.5. The number of aliphatic hydroxyl groups excluding tert-OH is 4. The Labute approximate surface area is 80.6 Å². The molecule has 0 aromatic heterocycles. The summed E-state index contributed by atoms with van der Waals surface area (Å²) in [6, 6.07) is -1.33. The highest BCUT2D eigenvalue weighted by Crippen LogP contribution is 2.03. The maximum absolute atomic E-state index is 10.5. The van der Waals surface area contributed by atoms with E-state index in [-0.39, 0.29) is 0 Å². The summed E-state index contributed by atoms with van der Waals surface area (Å²) in [5.41, 5.74) is -1.49. The third-order valence-corrected chi connectivity index (χ3v) is 1.87. The zero-order valence-electron chi connectivity index (χ0n) is 7.55. The van der Waals surface area contributed by atoms with E-state index in [9.17, 15) is 4.79 Å². The minimum absolute atomic E-state index is 0.635. The fourth-order valence-corrected chi connectivity index (χ4v) is 0.842. The molecule has 0 radical (unpaired) electrons. The first-order valence-electron chi connectivity index (χ1n) is 3.99. The molecule has 7 nitrogen and oxygen atoms in total. The summed E-state index contributed by atoms with van der Waals surface area (Å²) < 4.78 is 0. The lowest BCUT2D eigenvalue weighted by molar-refractivity contribution is -0.141. The lowest BCUT2D eigenvalue weighted by Crippen LogP contribution is -2.61.